The van der Waals surface area contributed by atoms with Crippen molar-refractivity contribution in [1.82, 2.24) is 19.7 Å². The van der Waals surface area contributed by atoms with Crippen molar-refractivity contribution in [3.8, 4) is 5.75 Å². The molecule has 8 nitrogen and oxygen atoms in total. The monoisotopic (exact) mass is 235 g/mol. The third-order valence-electron chi connectivity index (χ3n) is 2.11. The number of rotatable bonds is 4. The average molecular weight is 235 g/mol. The molecular formula is C9H13N7O. The van der Waals surface area contributed by atoms with E-state index in [9.17, 15) is 0 Å². The first-order valence-electron chi connectivity index (χ1n) is 4.86. The highest BCUT2D eigenvalue weighted by Crippen LogP contribution is 2.30. The van der Waals surface area contributed by atoms with Crippen molar-refractivity contribution in [2.45, 2.75) is 0 Å². The Hall–Kier alpha value is -2.35. The number of ether oxygens (including phenoxy) is 1. The molecule has 2 heterocycles. The molecule has 0 aromatic carbocycles. The fraction of sp³-hybridized carbons (Fsp3) is 0.222. The Balaban J connectivity index is 2.32. The van der Waals surface area contributed by atoms with Crippen molar-refractivity contribution in [3.05, 3.63) is 18.7 Å². The van der Waals surface area contributed by atoms with Crippen molar-refractivity contribution in [1.29, 1.82) is 0 Å². The smallest absolute Gasteiger partial charge is 0.205 e. The van der Waals surface area contributed by atoms with E-state index in [2.05, 4.69) is 25.8 Å². The number of methoxy groups -OCH3 is 1. The molecule has 2 rings (SSSR count). The lowest BCUT2D eigenvalue weighted by atomic mass is 10.4. The summed E-state index contributed by atoms with van der Waals surface area (Å²) in [4.78, 5) is 8.03. The molecule has 17 heavy (non-hydrogen) atoms. The molecule has 0 fully saturated rings. The zero-order chi connectivity index (χ0) is 12.3. The number of hydrogen-bond donors (Lipinski definition) is 3. The molecule has 0 bridgehead atoms. The van der Waals surface area contributed by atoms with Crippen LogP contribution in [0.2, 0.25) is 0 Å². The molecule has 0 amide bonds. The van der Waals surface area contributed by atoms with E-state index >= 15 is 0 Å². The molecule has 0 aliphatic heterocycles. The van der Waals surface area contributed by atoms with Crippen LogP contribution in [0.4, 0.5) is 17.3 Å². The average Bonchev–Trinajstić information content (AvgIpc) is 2.74. The van der Waals surface area contributed by atoms with Crippen LogP contribution in [-0.4, -0.2) is 26.9 Å². The lowest BCUT2D eigenvalue weighted by molar-refractivity contribution is 0.415. The second-order valence-electron chi connectivity index (χ2n) is 3.28. The summed E-state index contributed by atoms with van der Waals surface area (Å²) < 4.78 is 6.87. The van der Waals surface area contributed by atoms with Crippen LogP contribution in [0.1, 0.15) is 0 Å². The molecule has 0 radical (unpaired) electrons. The highest BCUT2D eigenvalue weighted by molar-refractivity contribution is 5.68. The van der Waals surface area contributed by atoms with Gasteiger partial charge in [0, 0.05) is 13.2 Å². The number of anilines is 3. The molecule has 0 unspecified atom stereocenters. The van der Waals surface area contributed by atoms with Crippen LogP contribution in [0.3, 0.4) is 0 Å². The lowest BCUT2D eigenvalue weighted by Crippen LogP contribution is -2.11. The van der Waals surface area contributed by atoms with Gasteiger partial charge in [0.25, 0.3) is 0 Å². The minimum absolute atomic E-state index is 0.411. The third-order valence-corrected chi connectivity index (χ3v) is 2.11. The van der Waals surface area contributed by atoms with E-state index in [1.165, 1.54) is 13.4 Å². The molecule has 4 N–H and O–H groups in total. The summed E-state index contributed by atoms with van der Waals surface area (Å²) in [5.41, 5.74) is 3.24. The van der Waals surface area contributed by atoms with E-state index in [4.69, 9.17) is 10.6 Å². The molecule has 8 heteroatoms. The van der Waals surface area contributed by atoms with Gasteiger partial charge in [-0.25, -0.2) is 15.8 Å². The molecule has 0 atom stereocenters. The SMILES string of the molecule is COc1c(NN)ncnc1Nc1cnn(C)c1. The van der Waals surface area contributed by atoms with E-state index < -0.39 is 0 Å². The number of nitrogens with one attached hydrogen (secondary N) is 2. The van der Waals surface area contributed by atoms with Crippen molar-refractivity contribution in [2.24, 2.45) is 12.9 Å². The number of nitrogens with zero attached hydrogens (tertiary/aromatic N) is 4. The maximum atomic E-state index is 5.33. The summed E-state index contributed by atoms with van der Waals surface area (Å²) in [5.74, 6) is 6.70. The molecule has 0 saturated carbocycles. The Labute approximate surface area is 97.8 Å². The van der Waals surface area contributed by atoms with Crippen LogP contribution >= 0.6 is 0 Å². The summed E-state index contributed by atoms with van der Waals surface area (Å²) in [6.45, 7) is 0. The maximum Gasteiger partial charge on any atom is 0.205 e. The van der Waals surface area contributed by atoms with Crippen LogP contribution < -0.4 is 21.3 Å². The maximum absolute atomic E-state index is 5.33. The fourth-order valence-electron chi connectivity index (χ4n) is 1.38. The standard InChI is InChI=1S/C9H13N7O/c1-16-4-6(3-13-16)14-8-7(17-2)9(15-10)12-5-11-8/h3-5H,10H2,1-2H3,(H2,11,12,14,15). The fourth-order valence-corrected chi connectivity index (χ4v) is 1.38. The lowest BCUT2D eigenvalue weighted by Gasteiger charge is -2.11. The first kappa shape index (κ1) is 11.1. The van der Waals surface area contributed by atoms with Gasteiger partial charge in [-0.15, -0.1) is 0 Å². The number of hydrazine groups is 1. The number of hydrogen-bond acceptors (Lipinski definition) is 7. The zero-order valence-corrected chi connectivity index (χ0v) is 9.51. The normalized spacial score (nSPS) is 10.1. The molecular weight excluding hydrogens is 222 g/mol. The Morgan fingerprint density at radius 2 is 2.12 bits per heavy atom. The number of nitrogen functional groups attached to an aromatic ring is 1. The van der Waals surface area contributed by atoms with E-state index in [0.29, 0.717) is 17.4 Å². The predicted octanol–water partition coefficient (Wildman–Crippen LogP) is 0.248. The minimum Gasteiger partial charge on any atom is -0.490 e. The van der Waals surface area contributed by atoms with Crippen LogP contribution in [0.15, 0.2) is 18.7 Å². The van der Waals surface area contributed by atoms with Gasteiger partial charge in [-0.3, -0.25) is 4.68 Å². The Morgan fingerprint density at radius 1 is 1.35 bits per heavy atom. The van der Waals surface area contributed by atoms with E-state index in [-0.39, 0.29) is 0 Å². The van der Waals surface area contributed by atoms with Gasteiger partial charge in [0.05, 0.1) is 19.0 Å². The largest absolute Gasteiger partial charge is 0.490 e. The van der Waals surface area contributed by atoms with Crippen molar-refractivity contribution in [2.75, 3.05) is 17.9 Å². The van der Waals surface area contributed by atoms with Crippen LogP contribution in [0.25, 0.3) is 0 Å². The third kappa shape index (κ3) is 2.26. The Morgan fingerprint density at radius 3 is 2.71 bits per heavy atom. The van der Waals surface area contributed by atoms with Crippen LogP contribution in [-0.2, 0) is 7.05 Å². The number of nitrogens with two attached hydrogens (primary N) is 1. The highest BCUT2D eigenvalue weighted by Gasteiger charge is 2.11. The topological polar surface area (TPSA) is 103 Å². The predicted molar refractivity (Wildman–Crippen MR) is 62.9 cm³/mol. The molecule has 2 aromatic rings. The number of aryl methyl sites for hydroxylation is 1. The molecule has 0 aliphatic rings. The van der Waals surface area contributed by atoms with E-state index in [0.717, 1.165) is 5.69 Å². The van der Waals surface area contributed by atoms with Crippen LogP contribution in [0.5, 0.6) is 5.75 Å². The quantitative estimate of drug-likeness (QED) is 0.515. The molecule has 0 saturated heterocycles. The summed E-state index contributed by atoms with van der Waals surface area (Å²) in [6, 6.07) is 0. The van der Waals surface area contributed by atoms with Gasteiger partial charge in [0.1, 0.15) is 6.33 Å². The van der Waals surface area contributed by atoms with Gasteiger partial charge in [-0.1, -0.05) is 0 Å². The molecule has 90 valence electrons. The second-order valence-corrected chi connectivity index (χ2v) is 3.28. The van der Waals surface area contributed by atoms with Crippen molar-refractivity contribution in [3.63, 3.8) is 0 Å². The summed E-state index contributed by atoms with van der Waals surface area (Å²) in [7, 11) is 3.35. The van der Waals surface area contributed by atoms with Gasteiger partial charge in [0.15, 0.2) is 11.6 Å². The van der Waals surface area contributed by atoms with Gasteiger partial charge in [-0.2, -0.15) is 5.10 Å². The second kappa shape index (κ2) is 4.66. The van der Waals surface area contributed by atoms with Gasteiger partial charge >= 0.3 is 0 Å². The first-order valence-corrected chi connectivity index (χ1v) is 4.86. The van der Waals surface area contributed by atoms with E-state index in [1.54, 1.807) is 10.9 Å². The molecule has 0 spiro atoms. The Bertz CT molecular complexity index is 510. The zero-order valence-electron chi connectivity index (χ0n) is 9.51. The first-order chi connectivity index (χ1) is 8.24. The summed E-state index contributed by atoms with van der Waals surface area (Å²) in [5, 5.41) is 7.10. The Kier molecular flexibility index (Phi) is 3.06. The minimum atomic E-state index is 0.411. The van der Waals surface area contributed by atoms with Crippen LogP contribution in [0, 0.1) is 0 Å². The highest BCUT2D eigenvalue weighted by atomic mass is 16.5. The van der Waals surface area contributed by atoms with Gasteiger partial charge in [0.2, 0.25) is 5.75 Å². The van der Waals surface area contributed by atoms with Crippen molar-refractivity contribution < 1.29 is 4.74 Å². The van der Waals surface area contributed by atoms with E-state index in [1.807, 2.05) is 13.2 Å². The number of aromatic nitrogens is 4. The van der Waals surface area contributed by atoms with Gasteiger partial charge in [-0.05, 0) is 0 Å². The molecule has 0 aliphatic carbocycles. The van der Waals surface area contributed by atoms with Gasteiger partial charge < -0.3 is 15.5 Å². The summed E-state index contributed by atoms with van der Waals surface area (Å²) in [6.07, 6.45) is 4.88. The van der Waals surface area contributed by atoms with Crippen molar-refractivity contribution >= 4 is 17.3 Å². The molecule has 2 aromatic heterocycles. The summed E-state index contributed by atoms with van der Waals surface area (Å²) >= 11 is 0.